The smallest absolute Gasteiger partial charge is 0.202 e. The first-order chi connectivity index (χ1) is 15.2. The van der Waals surface area contributed by atoms with E-state index in [-0.39, 0.29) is 5.78 Å². The number of guanidine groups is 1. The summed E-state index contributed by atoms with van der Waals surface area (Å²) >= 11 is 1.57. The molecule has 2 N–H and O–H groups in total. The molecule has 0 fully saturated rings. The van der Waals surface area contributed by atoms with E-state index in [2.05, 4.69) is 15.6 Å². The molecule has 4 aromatic rings. The highest BCUT2D eigenvalue weighted by atomic mass is 32.1. The molecule has 1 atom stereocenters. The fraction of sp³-hybridized carbons (Fsp3) is 0.0800. The standard InChI is InChI=1S/C25H20N4OS/c1-16-21(23(30)18-12-6-3-7-13-18)22(17-10-4-2-5-11-17)28-24(26-16)29-25-27-19-14-8-9-15-20(19)31-25/h2-15,22H,1H3,(H2,26,27,28,29)/t22-/m0/s1. The van der Waals surface area contributed by atoms with E-state index in [1.54, 1.807) is 11.3 Å². The van der Waals surface area contributed by atoms with Gasteiger partial charge in [-0.1, -0.05) is 84.1 Å². The summed E-state index contributed by atoms with van der Waals surface area (Å²) in [5.41, 5.74) is 3.98. The van der Waals surface area contributed by atoms with Crippen LogP contribution in [0.25, 0.3) is 10.2 Å². The Bertz CT molecular complexity index is 1280. The highest BCUT2D eigenvalue weighted by Crippen LogP contribution is 2.33. The first-order valence-electron chi connectivity index (χ1n) is 10.0. The monoisotopic (exact) mass is 424 g/mol. The molecule has 31 heavy (non-hydrogen) atoms. The van der Waals surface area contributed by atoms with Crippen molar-refractivity contribution in [3.8, 4) is 0 Å². The van der Waals surface area contributed by atoms with Gasteiger partial charge in [-0.15, -0.1) is 0 Å². The molecule has 0 spiro atoms. The summed E-state index contributed by atoms with van der Waals surface area (Å²) in [5.74, 6) is 0.553. The molecule has 0 radical (unpaired) electrons. The van der Waals surface area contributed by atoms with Crippen LogP contribution in [0.2, 0.25) is 0 Å². The molecule has 0 unspecified atom stereocenters. The summed E-state index contributed by atoms with van der Waals surface area (Å²) in [7, 11) is 0. The van der Waals surface area contributed by atoms with Gasteiger partial charge in [-0.3, -0.25) is 4.79 Å². The van der Waals surface area contributed by atoms with Crippen molar-refractivity contribution in [3.63, 3.8) is 0 Å². The Morgan fingerprint density at radius 1 is 0.935 bits per heavy atom. The topological polar surface area (TPSA) is 66.4 Å². The van der Waals surface area contributed by atoms with E-state index in [0.717, 1.165) is 26.6 Å². The Morgan fingerprint density at radius 2 is 1.61 bits per heavy atom. The van der Waals surface area contributed by atoms with Gasteiger partial charge in [-0.05, 0) is 24.6 Å². The highest BCUT2D eigenvalue weighted by molar-refractivity contribution is 7.22. The zero-order chi connectivity index (χ0) is 21.2. The third-order valence-corrected chi connectivity index (χ3v) is 6.11. The van der Waals surface area contributed by atoms with Gasteiger partial charge < -0.3 is 10.6 Å². The molecule has 2 heterocycles. The van der Waals surface area contributed by atoms with Crippen molar-refractivity contribution in [2.45, 2.75) is 13.0 Å². The van der Waals surface area contributed by atoms with Gasteiger partial charge in [0.1, 0.15) is 6.04 Å². The van der Waals surface area contributed by atoms with Crippen LogP contribution in [0.15, 0.2) is 101 Å². The molecule has 152 valence electrons. The van der Waals surface area contributed by atoms with Crippen molar-refractivity contribution in [2.75, 3.05) is 5.32 Å². The van der Waals surface area contributed by atoms with Crippen molar-refractivity contribution in [2.24, 2.45) is 4.99 Å². The third kappa shape index (κ3) is 3.85. The molecule has 0 amide bonds. The van der Waals surface area contributed by atoms with Crippen molar-refractivity contribution >= 4 is 38.4 Å². The van der Waals surface area contributed by atoms with E-state index >= 15 is 0 Å². The van der Waals surface area contributed by atoms with Gasteiger partial charge in [0.2, 0.25) is 5.96 Å². The number of nitrogens with one attached hydrogen (secondary N) is 2. The van der Waals surface area contributed by atoms with Gasteiger partial charge in [0.25, 0.3) is 0 Å². The van der Waals surface area contributed by atoms with E-state index in [0.29, 0.717) is 17.1 Å². The Kier molecular flexibility index (Phi) is 5.06. The molecule has 0 saturated carbocycles. The van der Waals surface area contributed by atoms with Crippen LogP contribution in [0.5, 0.6) is 0 Å². The Balaban J connectivity index is 1.52. The van der Waals surface area contributed by atoms with Gasteiger partial charge >= 0.3 is 0 Å². The molecule has 5 nitrogen and oxygen atoms in total. The number of thiazole rings is 1. The maximum absolute atomic E-state index is 13.4. The number of aliphatic imine (C=N–C) groups is 1. The molecule has 6 heteroatoms. The van der Waals surface area contributed by atoms with Gasteiger partial charge in [-0.25, -0.2) is 9.98 Å². The highest BCUT2D eigenvalue weighted by Gasteiger charge is 2.30. The summed E-state index contributed by atoms with van der Waals surface area (Å²) in [6.45, 7) is 1.92. The number of Topliss-reactive ketones (excluding diaryl/α,β-unsaturated/α-hetero) is 1. The molecule has 3 aromatic carbocycles. The average Bonchev–Trinajstić information content (AvgIpc) is 3.22. The number of carbonyl (C=O) groups excluding carboxylic acids is 1. The Labute approximate surface area is 184 Å². The average molecular weight is 425 g/mol. The molecule has 1 aromatic heterocycles. The zero-order valence-electron chi connectivity index (χ0n) is 16.9. The maximum atomic E-state index is 13.4. The predicted molar refractivity (Wildman–Crippen MR) is 126 cm³/mol. The Hall–Kier alpha value is -3.77. The number of fused-ring (bicyclic) bond motifs is 1. The molecular weight excluding hydrogens is 404 g/mol. The molecule has 1 aliphatic rings. The van der Waals surface area contributed by atoms with Gasteiger partial charge in [0, 0.05) is 16.8 Å². The van der Waals surface area contributed by atoms with Crippen molar-refractivity contribution < 1.29 is 4.79 Å². The molecule has 5 rings (SSSR count). The van der Waals surface area contributed by atoms with Crippen LogP contribution in [0, 0.1) is 0 Å². The van der Waals surface area contributed by atoms with Crippen LogP contribution in [-0.4, -0.2) is 16.7 Å². The van der Waals surface area contributed by atoms with E-state index < -0.39 is 6.04 Å². The van der Waals surface area contributed by atoms with Gasteiger partial charge in [0.05, 0.1) is 10.2 Å². The quantitative estimate of drug-likeness (QED) is 0.421. The van der Waals surface area contributed by atoms with Crippen LogP contribution in [0.1, 0.15) is 28.9 Å². The van der Waals surface area contributed by atoms with Gasteiger partial charge in [0.15, 0.2) is 10.9 Å². The largest absolute Gasteiger partial charge is 0.329 e. The number of allylic oxidation sites excluding steroid dienone is 1. The van der Waals surface area contributed by atoms with Crippen LogP contribution >= 0.6 is 11.3 Å². The van der Waals surface area contributed by atoms with Gasteiger partial charge in [-0.2, -0.15) is 0 Å². The number of rotatable bonds is 4. The summed E-state index contributed by atoms with van der Waals surface area (Å²) < 4.78 is 1.10. The van der Waals surface area contributed by atoms with Crippen molar-refractivity contribution in [3.05, 3.63) is 107 Å². The second-order valence-electron chi connectivity index (χ2n) is 7.26. The number of nitrogens with zero attached hydrogens (tertiary/aromatic N) is 2. The lowest BCUT2D eigenvalue weighted by molar-refractivity contribution is 0.102. The van der Waals surface area contributed by atoms with Crippen molar-refractivity contribution in [1.82, 2.24) is 10.3 Å². The first kappa shape index (κ1) is 19.2. The number of anilines is 1. The summed E-state index contributed by atoms with van der Waals surface area (Å²) in [6.07, 6.45) is 0. The first-order valence-corrected chi connectivity index (χ1v) is 10.8. The number of ketones is 1. The maximum Gasteiger partial charge on any atom is 0.202 e. The van der Waals surface area contributed by atoms with Crippen molar-refractivity contribution in [1.29, 1.82) is 0 Å². The molecule has 1 aliphatic heterocycles. The number of hydrogen-bond donors (Lipinski definition) is 2. The minimum Gasteiger partial charge on any atom is -0.329 e. The van der Waals surface area contributed by atoms with Crippen LogP contribution < -0.4 is 10.6 Å². The molecule has 0 aliphatic carbocycles. The number of hydrogen-bond acceptors (Lipinski definition) is 6. The summed E-state index contributed by atoms with van der Waals surface area (Å²) in [4.78, 5) is 22.9. The summed E-state index contributed by atoms with van der Waals surface area (Å²) in [5, 5.41) is 7.33. The van der Waals surface area contributed by atoms with Crippen LogP contribution in [0.3, 0.4) is 0 Å². The molecule has 0 saturated heterocycles. The molecule has 0 bridgehead atoms. The normalized spacial score (nSPS) is 16.0. The SMILES string of the molecule is CC1=C(C(=O)c2ccccc2)[C@H](c2ccccc2)N=C(Nc2nc3ccccc3s2)N1. The Morgan fingerprint density at radius 3 is 2.35 bits per heavy atom. The third-order valence-electron chi connectivity index (χ3n) is 5.16. The van der Waals surface area contributed by atoms with Crippen LogP contribution in [0.4, 0.5) is 5.13 Å². The van der Waals surface area contributed by atoms with Crippen LogP contribution in [-0.2, 0) is 0 Å². The minimum atomic E-state index is -0.410. The van der Waals surface area contributed by atoms with E-state index in [9.17, 15) is 4.79 Å². The number of carbonyl (C=O) groups is 1. The zero-order valence-corrected chi connectivity index (χ0v) is 17.7. The summed E-state index contributed by atoms with van der Waals surface area (Å²) in [6, 6.07) is 26.8. The lowest BCUT2D eigenvalue weighted by atomic mass is 9.90. The van der Waals surface area contributed by atoms with E-state index in [1.807, 2.05) is 91.9 Å². The number of para-hydroxylation sites is 1. The lowest BCUT2D eigenvalue weighted by Crippen LogP contribution is -2.36. The molecular formula is C25H20N4OS. The van der Waals surface area contributed by atoms with E-state index in [4.69, 9.17) is 4.99 Å². The fourth-order valence-corrected chi connectivity index (χ4v) is 4.55. The fourth-order valence-electron chi connectivity index (χ4n) is 3.68. The number of aromatic nitrogens is 1. The lowest BCUT2D eigenvalue weighted by Gasteiger charge is -2.26. The minimum absolute atomic E-state index is 0.0257. The second kappa shape index (κ2) is 8.16. The number of benzene rings is 3. The van der Waals surface area contributed by atoms with E-state index in [1.165, 1.54) is 0 Å². The second-order valence-corrected chi connectivity index (χ2v) is 8.29. The predicted octanol–water partition coefficient (Wildman–Crippen LogP) is 5.57.